The summed E-state index contributed by atoms with van der Waals surface area (Å²) in [5, 5.41) is 8.69. The standard InChI is InChI=1S/C10H9ClN2O2/c11-9-6-5-7(12)8(13-9)3-1-2-4-10(14)15/h5-6H,2,4,12H2,(H,14,15). The summed E-state index contributed by atoms with van der Waals surface area (Å²) < 4.78 is 0. The van der Waals surface area contributed by atoms with E-state index in [2.05, 4.69) is 16.8 Å². The number of aromatic nitrogens is 1. The Labute approximate surface area is 92.1 Å². The van der Waals surface area contributed by atoms with E-state index in [4.69, 9.17) is 22.4 Å². The van der Waals surface area contributed by atoms with Gasteiger partial charge in [0.05, 0.1) is 12.1 Å². The van der Waals surface area contributed by atoms with Crippen LogP contribution in [0.5, 0.6) is 0 Å². The van der Waals surface area contributed by atoms with Gasteiger partial charge in [-0.25, -0.2) is 4.98 Å². The molecule has 0 spiro atoms. The van der Waals surface area contributed by atoms with Gasteiger partial charge in [-0.15, -0.1) is 0 Å². The molecule has 0 aliphatic heterocycles. The summed E-state index contributed by atoms with van der Waals surface area (Å²) in [7, 11) is 0. The molecule has 1 aromatic rings. The number of carboxylic acids is 1. The van der Waals surface area contributed by atoms with Crippen LogP contribution in [0, 0.1) is 11.8 Å². The van der Waals surface area contributed by atoms with E-state index in [-0.39, 0.29) is 12.8 Å². The maximum atomic E-state index is 10.2. The lowest BCUT2D eigenvalue weighted by Crippen LogP contribution is -1.94. The highest BCUT2D eigenvalue weighted by Gasteiger charge is 1.98. The Bertz CT molecular complexity index is 435. The van der Waals surface area contributed by atoms with Gasteiger partial charge in [-0.05, 0) is 18.1 Å². The van der Waals surface area contributed by atoms with Crippen molar-refractivity contribution >= 4 is 23.3 Å². The summed E-state index contributed by atoms with van der Waals surface area (Å²) in [6.07, 6.45) is 0.274. The minimum absolute atomic E-state index is 0.00741. The van der Waals surface area contributed by atoms with Crippen molar-refractivity contribution in [2.75, 3.05) is 5.73 Å². The van der Waals surface area contributed by atoms with E-state index >= 15 is 0 Å². The van der Waals surface area contributed by atoms with Crippen LogP contribution in [0.4, 0.5) is 5.69 Å². The first-order valence-electron chi connectivity index (χ1n) is 4.22. The minimum Gasteiger partial charge on any atom is -0.481 e. The van der Waals surface area contributed by atoms with Crippen LogP contribution in [-0.4, -0.2) is 16.1 Å². The Morgan fingerprint density at radius 1 is 1.60 bits per heavy atom. The van der Waals surface area contributed by atoms with Gasteiger partial charge in [0.2, 0.25) is 0 Å². The largest absolute Gasteiger partial charge is 0.481 e. The summed E-state index contributed by atoms with van der Waals surface area (Å²) in [5.74, 6) is 4.47. The lowest BCUT2D eigenvalue weighted by molar-refractivity contribution is -0.136. The fraction of sp³-hybridized carbons (Fsp3) is 0.200. The third kappa shape index (κ3) is 3.88. The zero-order chi connectivity index (χ0) is 11.3. The highest BCUT2D eigenvalue weighted by molar-refractivity contribution is 6.29. The molecule has 0 radical (unpaired) electrons. The molecule has 1 aromatic heterocycles. The molecule has 0 aromatic carbocycles. The maximum absolute atomic E-state index is 10.2. The van der Waals surface area contributed by atoms with Gasteiger partial charge in [0, 0.05) is 6.42 Å². The molecule has 78 valence electrons. The second kappa shape index (κ2) is 5.23. The second-order valence-electron chi connectivity index (χ2n) is 2.77. The van der Waals surface area contributed by atoms with Crippen LogP contribution in [0.15, 0.2) is 12.1 Å². The predicted octanol–water partition coefficient (Wildman–Crippen LogP) is 1.53. The van der Waals surface area contributed by atoms with Crippen molar-refractivity contribution in [2.45, 2.75) is 12.8 Å². The number of hydrogen-bond acceptors (Lipinski definition) is 3. The van der Waals surface area contributed by atoms with Crippen LogP contribution in [0.1, 0.15) is 18.5 Å². The molecule has 0 fully saturated rings. The van der Waals surface area contributed by atoms with Gasteiger partial charge in [0.15, 0.2) is 0 Å². The zero-order valence-electron chi connectivity index (χ0n) is 7.83. The van der Waals surface area contributed by atoms with Crippen LogP contribution in [0.2, 0.25) is 5.15 Å². The average Bonchev–Trinajstić information content (AvgIpc) is 2.17. The Morgan fingerprint density at radius 3 is 3.00 bits per heavy atom. The van der Waals surface area contributed by atoms with E-state index in [9.17, 15) is 4.79 Å². The maximum Gasteiger partial charge on any atom is 0.304 e. The summed E-state index contributed by atoms with van der Waals surface area (Å²) in [4.78, 5) is 14.1. The fourth-order valence-corrected chi connectivity index (χ4v) is 1.01. The van der Waals surface area contributed by atoms with Crippen molar-refractivity contribution in [3.63, 3.8) is 0 Å². The molecule has 0 unspecified atom stereocenters. The molecule has 0 amide bonds. The molecule has 0 saturated heterocycles. The molecule has 4 nitrogen and oxygen atoms in total. The summed E-state index contributed by atoms with van der Waals surface area (Å²) >= 11 is 5.65. The number of nitrogens with zero attached hydrogens (tertiary/aromatic N) is 1. The SMILES string of the molecule is Nc1ccc(Cl)nc1C#CCCC(=O)O. The number of pyridine rings is 1. The minimum atomic E-state index is -0.878. The van der Waals surface area contributed by atoms with Crippen LogP contribution >= 0.6 is 11.6 Å². The first-order valence-corrected chi connectivity index (χ1v) is 4.60. The van der Waals surface area contributed by atoms with Gasteiger partial charge in [-0.2, -0.15) is 0 Å². The molecule has 0 bridgehead atoms. The fourth-order valence-electron chi connectivity index (χ4n) is 0.862. The summed E-state index contributed by atoms with van der Waals surface area (Å²) in [6.45, 7) is 0. The molecule has 1 rings (SSSR count). The monoisotopic (exact) mass is 224 g/mol. The summed E-state index contributed by atoms with van der Waals surface area (Å²) in [6, 6.07) is 3.18. The van der Waals surface area contributed by atoms with Gasteiger partial charge in [0.25, 0.3) is 0 Å². The number of hydrogen-bond donors (Lipinski definition) is 2. The topological polar surface area (TPSA) is 76.2 Å². The lowest BCUT2D eigenvalue weighted by atomic mass is 10.2. The first-order chi connectivity index (χ1) is 7.09. The highest BCUT2D eigenvalue weighted by atomic mass is 35.5. The Hall–Kier alpha value is -1.73. The first kappa shape index (κ1) is 11.3. The molecule has 0 saturated carbocycles. The number of halogens is 1. The number of nitrogen functional groups attached to an aromatic ring is 1. The van der Waals surface area contributed by atoms with Crippen LogP contribution < -0.4 is 5.73 Å². The summed E-state index contributed by atoms with van der Waals surface area (Å²) in [5.41, 5.74) is 6.41. The Morgan fingerprint density at radius 2 is 2.33 bits per heavy atom. The molecule has 1 heterocycles. The average molecular weight is 225 g/mol. The van der Waals surface area contributed by atoms with E-state index in [0.29, 0.717) is 16.5 Å². The molecular formula is C10H9ClN2O2. The number of carboxylic acid groups (broad SMARTS) is 1. The molecule has 0 atom stereocenters. The van der Waals surface area contributed by atoms with Crippen molar-refractivity contribution in [1.29, 1.82) is 0 Å². The van der Waals surface area contributed by atoms with Crippen molar-refractivity contribution in [3.8, 4) is 11.8 Å². The smallest absolute Gasteiger partial charge is 0.304 e. The van der Waals surface area contributed by atoms with Crippen molar-refractivity contribution < 1.29 is 9.90 Å². The van der Waals surface area contributed by atoms with E-state index < -0.39 is 5.97 Å². The number of rotatable bonds is 2. The van der Waals surface area contributed by atoms with E-state index in [1.807, 2.05) is 0 Å². The number of carbonyl (C=O) groups is 1. The molecule has 0 aliphatic rings. The number of aliphatic carboxylic acids is 1. The molecule has 15 heavy (non-hydrogen) atoms. The van der Waals surface area contributed by atoms with Crippen molar-refractivity contribution in [3.05, 3.63) is 23.0 Å². The molecule has 5 heteroatoms. The third-order valence-corrected chi connectivity index (χ3v) is 1.77. The molecule has 0 aliphatic carbocycles. The van der Waals surface area contributed by atoms with Gasteiger partial charge in [0.1, 0.15) is 10.8 Å². The third-order valence-electron chi connectivity index (χ3n) is 1.56. The van der Waals surface area contributed by atoms with Crippen LogP contribution in [0.3, 0.4) is 0 Å². The van der Waals surface area contributed by atoms with Gasteiger partial charge >= 0.3 is 5.97 Å². The van der Waals surface area contributed by atoms with Crippen molar-refractivity contribution in [1.82, 2.24) is 4.98 Å². The lowest BCUT2D eigenvalue weighted by Gasteiger charge is -1.96. The van der Waals surface area contributed by atoms with Gasteiger partial charge in [-0.3, -0.25) is 4.79 Å². The highest BCUT2D eigenvalue weighted by Crippen LogP contribution is 2.11. The predicted molar refractivity (Wildman–Crippen MR) is 57.4 cm³/mol. The van der Waals surface area contributed by atoms with E-state index in [1.165, 1.54) is 0 Å². The Balaban J connectivity index is 2.71. The second-order valence-corrected chi connectivity index (χ2v) is 3.15. The van der Waals surface area contributed by atoms with Crippen LogP contribution in [-0.2, 0) is 4.79 Å². The van der Waals surface area contributed by atoms with E-state index in [0.717, 1.165) is 0 Å². The number of anilines is 1. The van der Waals surface area contributed by atoms with Gasteiger partial charge in [-0.1, -0.05) is 17.5 Å². The number of nitrogens with two attached hydrogens (primary N) is 1. The Kier molecular flexibility index (Phi) is 3.95. The van der Waals surface area contributed by atoms with Gasteiger partial charge < -0.3 is 10.8 Å². The van der Waals surface area contributed by atoms with Crippen molar-refractivity contribution in [2.24, 2.45) is 0 Å². The molecule has 3 N–H and O–H groups in total. The quantitative estimate of drug-likeness (QED) is 0.590. The van der Waals surface area contributed by atoms with Crippen LogP contribution in [0.25, 0.3) is 0 Å². The normalized spacial score (nSPS) is 9.13. The zero-order valence-corrected chi connectivity index (χ0v) is 8.58. The molecular weight excluding hydrogens is 216 g/mol. The van der Waals surface area contributed by atoms with E-state index in [1.54, 1.807) is 12.1 Å².